The first kappa shape index (κ1) is 13.0. The Kier molecular flexibility index (Phi) is 3.91. The maximum Gasteiger partial charge on any atom is 0.329 e. The van der Waals surface area contributed by atoms with Crippen LogP contribution in [0.2, 0.25) is 0 Å². The van der Waals surface area contributed by atoms with Crippen molar-refractivity contribution in [3.05, 3.63) is 0 Å². The minimum atomic E-state index is -0.546. The molecule has 5 nitrogen and oxygen atoms in total. The normalized spacial score (nSPS) is 19.5. The Morgan fingerprint density at radius 2 is 2.12 bits per heavy atom. The summed E-state index contributed by atoms with van der Waals surface area (Å²) in [5.41, 5.74) is -0.527. The highest BCUT2D eigenvalue weighted by Crippen LogP contribution is 2.12. The summed E-state index contributed by atoms with van der Waals surface area (Å²) >= 11 is 0. The Hall–Kier alpha value is -1.10. The number of carbonyl (C=O) groups is 2. The van der Waals surface area contributed by atoms with E-state index in [1.165, 1.54) is 4.90 Å². The number of morpholine rings is 1. The van der Waals surface area contributed by atoms with Gasteiger partial charge < -0.3 is 14.4 Å². The quantitative estimate of drug-likeness (QED) is 0.650. The van der Waals surface area contributed by atoms with Gasteiger partial charge in [0.05, 0.1) is 6.61 Å². The minimum absolute atomic E-state index is 0.0487. The van der Waals surface area contributed by atoms with E-state index in [9.17, 15) is 9.59 Å². The van der Waals surface area contributed by atoms with Crippen LogP contribution in [0.15, 0.2) is 0 Å². The molecule has 1 amide bonds. The second-order valence-corrected chi connectivity index (χ2v) is 4.85. The van der Waals surface area contributed by atoms with Crippen molar-refractivity contribution in [3.63, 3.8) is 0 Å². The second-order valence-electron chi connectivity index (χ2n) is 4.85. The summed E-state index contributed by atoms with van der Waals surface area (Å²) in [4.78, 5) is 24.7. The molecule has 0 saturated carbocycles. The van der Waals surface area contributed by atoms with Crippen molar-refractivity contribution in [2.24, 2.45) is 0 Å². The van der Waals surface area contributed by atoms with Crippen LogP contribution in [-0.4, -0.2) is 48.2 Å². The third kappa shape index (κ3) is 3.48. The lowest BCUT2D eigenvalue weighted by molar-refractivity contribution is -0.167. The zero-order chi connectivity index (χ0) is 12.3. The van der Waals surface area contributed by atoms with Gasteiger partial charge in [0.15, 0.2) is 0 Å². The smallest absolute Gasteiger partial charge is 0.329 e. The molecule has 1 unspecified atom stereocenters. The van der Waals surface area contributed by atoms with Gasteiger partial charge in [-0.1, -0.05) is 0 Å². The maximum atomic E-state index is 11.7. The van der Waals surface area contributed by atoms with E-state index >= 15 is 0 Å². The Morgan fingerprint density at radius 1 is 1.50 bits per heavy atom. The van der Waals surface area contributed by atoms with Crippen molar-refractivity contribution in [1.82, 2.24) is 4.90 Å². The van der Waals surface area contributed by atoms with Crippen molar-refractivity contribution >= 4 is 11.9 Å². The first-order chi connectivity index (χ1) is 7.31. The molecule has 0 N–H and O–H groups in total. The van der Waals surface area contributed by atoms with E-state index < -0.39 is 11.6 Å². The third-order valence-electron chi connectivity index (χ3n) is 2.24. The largest absolute Gasteiger partial charge is 0.458 e. The summed E-state index contributed by atoms with van der Waals surface area (Å²) in [6.45, 7) is 8.05. The van der Waals surface area contributed by atoms with Crippen LogP contribution >= 0.6 is 0 Å². The molecule has 1 rings (SSSR count). The number of ether oxygens (including phenoxy) is 2. The van der Waals surface area contributed by atoms with Crippen molar-refractivity contribution in [2.75, 3.05) is 19.8 Å². The van der Waals surface area contributed by atoms with Gasteiger partial charge in [-0.15, -0.1) is 0 Å². The monoisotopic (exact) mass is 229 g/mol. The lowest BCUT2D eigenvalue weighted by Crippen LogP contribution is -2.51. The van der Waals surface area contributed by atoms with Crippen LogP contribution in [0.1, 0.15) is 27.7 Å². The number of hydrogen-bond acceptors (Lipinski definition) is 4. The molecule has 0 aromatic carbocycles. The number of carbonyl (C=O) groups excluding carboxylic acids is 2. The zero-order valence-corrected chi connectivity index (χ0v) is 10.3. The van der Waals surface area contributed by atoms with Crippen LogP contribution in [0.4, 0.5) is 0 Å². The third-order valence-corrected chi connectivity index (χ3v) is 2.24. The number of rotatable bonds is 2. The van der Waals surface area contributed by atoms with Crippen molar-refractivity contribution < 1.29 is 19.1 Å². The molecule has 0 aliphatic carbocycles. The molecule has 0 aromatic rings. The molecular weight excluding hydrogens is 210 g/mol. The average molecular weight is 229 g/mol. The van der Waals surface area contributed by atoms with Crippen LogP contribution in [0.3, 0.4) is 0 Å². The Balaban J connectivity index is 2.59. The fraction of sp³-hybridized carbons (Fsp3) is 0.818. The molecule has 1 heterocycles. The molecule has 1 aliphatic rings. The molecule has 0 aromatic heterocycles. The first-order valence-corrected chi connectivity index (χ1v) is 5.41. The predicted octanol–water partition coefficient (Wildman–Crippen LogP) is 0.575. The van der Waals surface area contributed by atoms with Crippen molar-refractivity contribution in [2.45, 2.75) is 39.3 Å². The van der Waals surface area contributed by atoms with Crippen LogP contribution < -0.4 is 0 Å². The van der Waals surface area contributed by atoms with Gasteiger partial charge in [-0.3, -0.25) is 4.79 Å². The Bertz CT molecular complexity index is 282. The molecule has 0 bridgehead atoms. The average Bonchev–Trinajstić information content (AvgIpc) is 2.15. The summed E-state index contributed by atoms with van der Waals surface area (Å²) in [6, 6.07) is -0.546. The van der Waals surface area contributed by atoms with E-state index in [1.54, 1.807) is 27.7 Å². The summed E-state index contributed by atoms with van der Waals surface area (Å²) in [5, 5.41) is 0. The van der Waals surface area contributed by atoms with Gasteiger partial charge in [-0.05, 0) is 27.7 Å². The highest BCUT2D eigenvalue weighted by molar-refractivity contribution is 5.85. The minimum Gasteiger partial charge on any atom is -0.458 e. The van der Waals surface area contributed by atoms with Crippen LogP contribution in [0.25, 0.3) is 0 Å². The topological polar surface area (TPSA) is 55.8 Å². The van der Waals surface area contributed by atoms with E-state index in [1.807, 2.05) is 0 Å². The molecule has 16 heavy (non-hydrogen) atoms. The summed E-state index contributed by atoms with van der Waals surface area (Å²) in [5.74, 6) is -0.535. The standard InChI is InChI=1S/C11H19NO4/c1-8(10(14)16-11(2,3)4)12-5-6-15-7-9(12)13/h8H,5-7H2,1-4H3. The Labute approximate surface area is 95.7 Å². The number of esters is 1. The van der Waals surface area contributed by atoms with Crippen molar-refractivity contribution in [3.8, 4) is 0 Å². The van der Waals surface area contributed by atoms with E-state index in [0.717, 1.165) is 0 Å². The van der Waals surface area contributed by atoms with Gasteiger partial charge >= 0.3 is 5.97 Å². The Morgan fingerprint density at radius 3 is 2.62 bits per heavy atom. The van der Waals surface area contributed by atoms with Crippen LogP contribution in [-0.2, 0) is 19.1 Å². The van der Waals surface area contributed by atoms with E-state index in [0.29, 0.717) is 13.2 Å². The SMILES string of the molecule is CC(C(=O)OC(C)(C)C)N1CCOCC1=O. The lowest BCUT2D eigenvalue weighted by Gasteiger charge is -2.32. The fourth-order valence-corrected chi connectivity index (χ4v) is 1.45. The molecule has 5 heteroatoms. The van der Waals surface area contributed by atoms with Gasteiger partial charge in [-0.25, -0.2) is 4.79 Å². The number of hydrogen-bond donors (Lipinski definition) is 0. The highest BCUT2D eigenvalue weighted by Gasteiger charge is 2.31. The van der Waals surface area contributed by atoms with E-state index in [4.69, 9.17) is 9.47 Å². The molecule has 0 spiro atoms. The summed E-state index contributed by atoms with van der Waals surface area (Å²) in [6.07, 6.45) is 0. The fourth-order valence-electron chi connectivity index (χ4n) is 1.45. The second kappa shape index (κ2) is 4.82. The molecule has 0 radical (unpaired) electrons. The summed E-state index contributed by atoms with van der Waals surface area (Å²) < 4.78 is 10.2. The van der Waals surface area contributed by atoms with Crippen LogP contribution in [0.5, 0.6) is 0 Å². The van der Waals surface area contributed by atoms with Gasteiger partial charge in [-0.2, -0.15) is 0 Å². The summed E-state index contributed by atoms with van der Waals surface area (Å²) in [7, 11) is 0. The molecule has 1 atom stereocenters. The van der Waals surface area contributed by atoms with Gasteiger partial charge in [0.25, 0.3) is 0 Å². The molecule has 1 saturated heterocycles. The predicted molar refractivity (Wildman–Crippen MR) is 57.8 cm³/mol. The highest BCUT2D eigenvalue weighted by atomic mass is 16.6. The van der Waals surface area contributed by atoms with Crippen LogP contribution in [0, 0.1) is 0 Å². The molecular formula is C11H19NO4. The van der Waals surface area contributed by atoms with E-state index in [-0.39, 0.29) is 18.5 Å². The first-order valence-electron chi connectivity index (χ1n) is 5.41. The lowest BCUT2D eigenvalue weighted by atomic mass is 10.2. The van der Waals surface area contributed by atoms with Gasteiger partial charge in [0, 0.05) is 6.54 Å². The molecule has 1 aliphatic heterocycles. The van der Waals surface area contributed by atoms with Gasteiger partial charge in [0.2, 0.25) is 5.91 Å². The number of nitrogens with zero attached hydrogens (tertiary/aromatic N) is 1. The van der Waals surface area contributed by atoms with Gasteiger partial charge in [0.1, 0.15) is 18.2 Å². The maximum absolute atomic E-state index is 11.7. The molecule has 1 fully saturated rings. The zero-order valence-electron chi connectivity index (χ0n) is 10.3. The van der Waals surface area contributed by atoms with Crippen molar-refractivity contribution in [1.29, 1.82) is 0 Å². The molecule has 92 valence electrons. The van der Waals surface area contributed by atoms with E-state index in [2.05, 4.69) is 0 Å². The number of amides is 1.